The molecule has 1 aliphatic carbocycles. The monoisotopic (exact) mass is 318 g/mol. The number of ether oxygens (including phenoxy) is 1. The minimum Gasteiger partial charge on any atom is -0.378 e. The molecule has 0 spiro atoms. The second-order valence-corrected chi connectivity index (χ2v) is 7.30. The molecule has 6 heteroatoms. The van der Waals surface area contributed by atoms with Gasteiger partial charge in [-0.25, -0.2) is 0 Å². The van der Waals surface area contributed by atoms with E-state index >= 15 is 0 Å². The summed E-state index contributed by atoms with van der Waals surface area (Å²) in [5.74, 6) is -0.0903. The van der Waals surface area contributed by atoms with Gasteiger partial charge in [0.2, 0.25) is 0 Å². The fourth-order valence-electron chi connectivity index (χ4n) is 3.78. The maximum Gasteiger partial charge on any atom is 0.265 e. The number of carbonyl (C=O) groups is 1. The molecule has 3 heterocycles. The van der Waals surface area contributed by atoms with Crippen molar-refractivity contribution in [1.29, 1.82) is 0 Å². The summed E-state index contributed by atoms with van der Waals surface area (Å²) in [6.07, 6.45) is 6.36. The van der Waals surface area contributed by atoms with Crippen molar-refractivity contribution in [2.75, 3.05) is 13.2 Å². The summed E-state index contributed by atoms with van der Waals surface area (Å²) < 4.78 is 6.39. The van der Waals surface area contributed by atoms with Crippen LogP contribution in [0.1, 0.15) is 35.4 Å². The van der Waals surface area contributed by atoms with Crippen molar-refractivity contribution in [3.8, 4) is 0 Å². The summed E-state index contributed by atoms with van der Waals surface area (Å²) in [5.41, 5.74) is -0.00993. The van der Waals surface area contributed by atoms with E-state index in [1.807, 2.05) is 6.07 Å². The molecule has 2 aromatic rings. The van der Waals surface area contributed by atoms with Gasteiger partial charge in [-0.2, -0.15) is 0 Å². The van der Waals surface area contributed by atoms with Gasteiger partial charge in [0.1, 0.15) is 4.70 Å². The maximum atomic E-state index is 12.4. The number of H-pyrrole nitrogens is 1. The summed E-state index contributed by atoms with van der Waals surface area (Å²) in [5, 5.41) is 3.88. The van der Waals surface area contributed by atoms with Crippen molar-refractivity contribution in [3.63, 3.8) is 0 Å². The molecule has 4 rings (SSSR count). The number of rotatable bonds is 3. The molecule has 116 valence electrons. The predicted molar refractivity (Wildman–Crippen MR) is 85.4 cm³/mol. The van der Waals surface area contributed by atoms with Crippen LogP contribution in [0.3, 0.4) is 0 Å². The van der Waals surface area contributed by atoms with E-state index in [0.29, 0.717) is 22.2 Å². The average Bonchev–Trinajstić information content (AvgIpc) is 3.18. The second-order valence-electron chi connectivity index (χ2n) is 6.25. The number of carbonyl (C=O) groups excluding carboxylic acids is 1. The summed E-state index contributed by atoms with van der Waals surface area (Å²) in [6.45, 7) is 1.47. The number of pyridine rings is 1. The first-order valence-electron chi connectivity index (χ1n) is 7.69. The van der Waals surface area contributed by atoms with E-state index in [0.717, 1.165) is 31.3 Å². The Balaban J connectivity index is 1.52. The third-order valence-electron chi connectivity index (χ3n) is 5.01. The van der Waals surface area contributed by atoms with Crippen LogP contribution < -0.4 is 10.9 Å². The van der Waals surface area contributed by atoms with Gasteiger partial charge in [-0.05, 0) is 31.4 Å². The zero-order valence-corrected chi connectivity index (χ0v) is 13.0. The molecule has 5 nitrogen and oxygen atoms in total. The average molecular weight is 318 g/mol. The lowest BCUT2D eigenvalue weighted by molar-refractivity contribution is 0.0670. The molecule has 1 amide bonds. The standard InChI is InChI=1S/C16H18N2O3S/c19-14(11-8-10-3-6-17-15(20)13(10)22-11)18-9-16-4-1-2-12(16)21-7-5-16/h3,6,8,12H,1-2,4-5,7,9H2,(H,17,20)(H,18,19)/t12-,16-/m1/s1. The molecule has 2 fully saturated rings. The zero-order chi connectivity index (χ0) is 15.2. The molecular weight excluding hydrogens is 300 g/mol. The van der Waals surface area contributed by atoms with Crippen LogP contribution in [0.4, 0.5) is 0 Å². The molecule has 0 radical (unpaired) electrons. The minimum absolute atomic E-state index is 0.0903. The van der Waals surface area contributed by atoms with Crippen LogP contribution in [0, 0.1) is 5.41 Å². The van der Waals surface area contributed by atoms with Gasteiger partial charge in [0, 0.05) is 30.1 Å². The number of fused-ring (bicyclic) bond motifs is 2. The molecule has 22 heavy (non-hydrogen) atoms. The third kappa shape index (κ3) is 2.18. The van der Waals surface area contributed by atoms with Crippen LogP contribution in [0.5, 0.6) is 0 Å². The highest BCUT2D eigenvalue weighted by Crippen LogP contribution is 2.46. The van der Waals surface area contributed by atoms with Gasteiger partial charge < -0.3 is 15.0 Å². The maximum absolute atomic E-state index is 12.4. The first-order valence-corrected chi connectivity index (χ1v) is 8.51. The SMILES string of the molecule is O=C(NC[C@]12CCC[C@H]1OCC2)c1cc2cc[nH]c(=O)c2s1. The van der Waals surface area contributed by atoms with Crippen molar-refractivity contribution in [2.45, 2.75) is 31.8 Å². The largest absolute Gasteiger partial charge is 0.378 e. The van der Waals surface area contributed by atoms with Crippen molar-refractivity contribution in [2.24, 2.45) is 5.41 Å². The number of thiophene rings is 1. The smallest absolute Gasteiger partial charge is 0.265 e. The van der Waals surface area contributed by atoms with Crippen LogP contribution in [-0.4, -0.2) is 30.1 Å². The van der Waals surface area contributed by atoms with Crippen LogP contribution in [0.15, 0.2) is 23.1 Å². The first kappa shape index (κ1) is 14.0. The number of hydrogen-bond acceptors (Lipinski definition) is 4. The highest BCUT2D eigenvalue weighted by molar-refractivity contribution is 7.20. The van der Waals surface area contributed by atoms with Gasteiger partial charge in [-0.15, -0.1) is 11.3 Å². The summed E-state index contributed by atoms with van der Waals surface area (Å²) in [7, 11) is 0. The normalized spacial score (nSPS) is 27.2. The number of aromatic amines is 1. The van der Waals surface area contributed by atoms with Crippen molar-refractivity contribution in [1.82, 2.24) is 10.3 Å². The van der Waals surface area contributed by atoms with Crippen LogP contribution in [-0.2, 0) is 4.74 Å². The van der Waals surface area contributed by atoms with Crippen molar-refractivity contribution >= 4 is 27.3 Å². The van der Waals surface area contributed by atoms with Crippen LogP contribution in [0.25, 0.3) is 10.1 Å². The van der Waals surface area contributed by atoms with E-state index in [1.54, 1.807) is 12.3 Å². The number of aromatic nitrogens is 1. The highest BCUT2D eigenvalue weighted by Gasteiger charge is 2.47. The van der Waals surface area contributed by atoms with Gasteiger partial charge in [0.25, 0.3) is 11.5 Å². The molecule has 1 aliphatic heterocycles. The fourth-order valence-corrected chi connectivity index (χ4v) is 4.75. The molecule has 0 unspecified atom stereocenters. The van der Waals surface area contributed by atoms with E-state index in [2.05, 4.69) is 10.3 Å². The lowest BCUT2D eigenvalue weighted by atomic mass is 9.83. The van der Waals surface area contributed by atoms with E-state index < -0.39 is 0 Å². The Kier molecular flexibility index (Phi) is 3.31. The number of amides is 1. The Morgan fingerprint density at radius 2 is 2.41 bits per heavy atom. The lowest BCUT2D eigenvalue weighted by Gasteiger charge is -2.27. The Morgan fingerprint density at radius 1 is 1.50 bits per heavy atom. The quantitative estimate of drug-likeness (QED) is 0.912. The molecule has 2 aliphatic rings. The topological polar surface area (TPSA) is 71.2 Å². The Morgan fingerprint density at radius 3 is 3.27 bits per heavy atom. The Hall–Kier alpha value is -1.66. The molecule has 1 saturated heterocycles. The van der Waals surface area contributed by atoms with E-state index in [9.17, 15) is 9.59 Å². The second kappa shape index (κ2) is 5.21. The molecule has 1 saturated carbocycles. The Bertz CT molecular complexity index is 769. The van der Waals surface area contributed by atoms with Crippen LogP contribution in [0.2, 0.25) is 0 Å². The highest BCUT2D eigenvalue weighted by atomic mass is 32.1. The van der Waals surface area contributed by atoms with Gasteiger partial charge in [0.15, 0.2) is 0 Å². The van der Waals surface area contributed by atoms with E-state index in [-0.39, 0.29) is 16.9 Å². The van der Waals surface area contributed by atoms with E-state index in [1.165, 1.54) is 17.8 Å². The summed E-state index contributed by atoms with van der Waals surface area (Å²) in [6, 6.07) is 3.61. The number of nitrogens with one attached hydrogen (secondary N) is 2. The lowest BCUT2D eigenvalue weighted by Crippen LogP contribution is -2.39. The predicted octanol–water partition coefficient (Wildman–Crippen LogP) is 2.28. The minimum atomic E-state index is -0.139. The van der Waals surface area contributed by atoms with Crippen molar-refractivity contribution in [3.05, 3.63) is 33.6 Å². The molecule has 2 aromatic heterocycles. The van der Waals surface area contributed by atoms with E-state index in [4.69, 9.17) is 4.74 Å². The molecule has 0 aromatic carbocycles. The van der Waals surface area contributed by atoms with Crippen molar-refractivity contribution < 1.29 is 9.53 Å². The third-order valence-corrected chi connectivity index (χ3v) is 6.16. The van der Waals surface area contributed by atoms with Gasteiger partial charge in [-0.3, -0.25) is 9.59 Å². The summed E-state index contributed by atoms with van der Waals surface area (Å²) >= 11 is 1.25. The number of hydrogen-bond donors (Lipinski definition) is 2. The summed E-state index contributed by atoms with van der Waals surface area (Å²) in [4.78, 5) is 27.4. The molecule has 2 N–H and O–H groups in total. The molecule has 2 atom stereocenters. The Labute approximate surface area is 131 Å². The van der Waals surface area contributed by atoms with Gasteiger partial charge in [0.05, 0.1) is 11.0 Å². The first-order chi connectivity index (χ1) is 10.7. The molecule has 0 bridgehead atoms. The molecular formula is C16H18N2O3S. The zero-order valence-electron chi connectivity index (χ0n) is 12.2. The van der Waals surface area contributed by atoms with Gasteiger partial charge >= 0.3 is 0 Å². The van der Waals surface area contributed by atoms with Gasteiger partial charge in [-0.1, -0.05) is 6.42 Å². The fraction of sp³-hybridized carbons (Fsp3) is 0.500. The van der Waals surface area contributed by atoms with Crippen LogP contribution >= 0.6 is 11.3 Å².